The minimum atomic E-state index is -0.122. The maximum atomic E-state index is 5.54. The summed E-state index contributed by atoms with van der Waals surface area (Å²) in [7, 11) is 3.74. The third-order valence-corrected chi connectivity index (χ3v) is 2.90. The van der Waals surface area contributed by atoms with Gasteiger partial charge in [0.05, 0.1) is 7.11 Å². The Morgan fingerprint density at radius 2 is 1.84 bits per heavy atom. The van der Waals surface area contributed by atoms with Gasteiger partial charge in [0, 0.05) is 45.0 Å². The monoisotopic (exact) mass is 267 g/mol. The van der Waals surface area contributed by atoms with E-state index in [4.69, 9.17) is 14.2 Å². The van der Waals surface area contributed by atoms with Crippen LogP contribution < -0.4 is 9.64 Å². The molecule has 0 aromatic heterocycles. The Bertz CT molecular complexity index is 351. The van der Waals surface area contributed by atoms with Crippen molar-refractivity contribution in [3.05, 3.63) is 24.3 Å². The molecule has 0 saturated carbocycles. The number of benzene rings is 1. The fourth-order valence-electron chi connectivity index (χ4n) is 1.86. The third-order valence-electron chi connectivity index (χ3n) is 2.90. The largest absolute Gasteiger partial charge is 0.497 e. The molecule has 0 amide bonds. The highest BCUT2D eigenvalue weighted by Gasteiger charge is 2.10. The van der Waals surface area contributed by atoms with Crippen LogP contribution in [0.2, 0.25) is 0 Å². The normalized spacial score (nSPS) is 10.8. The van der Waals surface area contributed by atoms with E-state index in [0.717, 1.165) is 24.4 Å². The van der Waals surface area contributed by atoms with Gasteiger partial charge in [-0.3, -0.25) is 0 Å². The summed E-state index contributed by atoms with van der Waals surface area (Å²) in [6.07, 6.45) is 0.720. The zero-order chi connectivity index (χ0) is 14.1. The smallest absolute Gasteiger partial charge is 0.159 e. The summed E-state index contributed by atoms with van der Waals surface area (Å²) in [6, 6.07) is 8.03. The SMILES string of the molecule is CCOC(CCN(C)c1cccc(OC)c1)OCC. The Morgan fingerprint density at radius 1 is 1.16 bits per heavy atom. The summed E-state index contributed by atoms with van der Waals surface area (Å²) in [5, 5.41) is 0. The highest BCUT2D eigenvalue weighted by atomic mass is 16.7. The molecule has 0 aliphatic heterocycles. The molecule has 0 bridgehead atoms. The van der Waals surface area contributed by atoms with Crippen LogP contribution in [0.5, 0.6) is 5.75 Å². The molecule has 0 heterocycles. The van der Waals surface area contributed by atoms with Crippen molar-refractivity contribution in [1.29, 1.82) is 0 Å². The first kappa shape index (κ1) is 15.8. The highest BCUT2D eigenvalue weighted by molar-refractivity contribution is 5.49. The van der Waals surface area contributed by atoms with E-state index in [1.54, 1.807) is 7.11 Å². The van der Waals surface area contributed by atoms with E-state index in [-0.39, 0.29) is 6.29 Å². The van der Waals surface area contributed by atoms with Crippen LogP contribution in [0.15, 0.2) is 24.3 Å². The predicted octanol–water partition coefficient (Wildman–Crippen LogP) is 2.92. The fourth-order valence-corrected chi connectivity index (χ4v) is 1.86. The summed E-state index contributed by atoms with van der Waals surface area (Å²) >= 11 is 0. The van der Waals surface area contributed by atoms with Crippen molar-refractivity contribution in [2.75, 3.05) is 38.8 Å². The number of rotatable bonds is 9. The molecule has 1 aromatic carbocycles. The maximum Gasteiger partial charge on any atom is 0.159 e. The number of hydrogen-bond acceptors (Lipinski definition) is 4. The number of ether oxygens (including phenoxy) is 3. The predicted molar refractivity (Wildman–Crippen MR) is 77.9 cm³/mol. The lowest BCUT2D eigenvalue weighted by Gasteiger charge is -2.23. The topological polar surface area (TPSA) is 30.9 Å². The Kier molecular flexibility index (Phi) is 7.30. The first-order valence-corrected chi connectivity index (χ1v) is 6.79. The maximum absolute atomic E-state index is 5.54. The summed E-state index contributed by atoms with van der Waals surface area (Å²) in [6.45, 7) is 6.19. The van der Waals surface area contributed by atoms with Crippen molar-refractivity contribution in [3.8, 4) is 5.75 Å². The zero-order valence-electron chi connectivity index (χ0n) is 12.4. The molecule has 0 aliphatic rings. The van der Waals surface area contributed by atoms with Crippen LogP contribution in [0.3, 0.4) is 0 Å². The first-order chi connectivity index (χ1) is 9.21. The van der Waals surface area contributed by atoms with Gasteiger partial charge in [-0.15, -0.1) is 0 Å². The molecule has 4 nitrogen and oxygen atoms in total. The lowest BCUT2D eigenvalue weighted by atomic mass is 10.2. The lowest BCUT2D eigenvalue weighted by molar-refractivity contribution is -0.137. The molecule has 0 unspecified atom stereocenters. The molecule has 0 N–H and O–H groups in total. The second-order valence-corrected chi connectivity index (χ2v) is 4.25. The zero-order valence-corrected chi connectivity index (χ0v) is 12.4. The van der Waals surface area contributed by atoms with Gasteiger partial charge in [0.25, 0.3) is 0 Å². The summed E-state index contributed by atoms with van der Waals surface area (Å²) in [5.41, 5.74) is 1.13. The van der Waals surface area contributed by atoms with E-state index >= 15 is 0 Å². The lowest BCUT2D eigenvalue weighted by Crippen LogP contribution is -2.26. The molecule has 19 heavy (non-hydrogen) atoms. The third kappa shape index (κ3) is 5.49. The van der Waals surface area contributed by atoms with E-state index in [1.807, 2.05) is 32.0 Å². The molecule has 0 spiro atoms. The van der Waals surface area contributed by atoms with Gasteiger partial charge in [0.1, 0.15) is 5.75 Å². The van der Waals surface area contributed by atoms with Gasteiger partial charge in [-0.2, -0.15) is 0 Å². The molecule has 1 aromatic rings. The van der Waals surface area contributed by atoms with E-state index in [1.165, 1.54) is 0 Å². The van der Waals surface area contributed by atoms with E-state index in [9.17, 15) is 0 Å². The number of nitrogens with zero attached hydrogens (tertiary/aromatic N) is 1. The second kappa shape index (κ2) is 8.77. The molecule has 0 fully saturated rings. The van der Waals surface area contributed by atoms with Gasteiger partial charge in [0.2, 0.25) is 0 Å². The Labute approximate surface area is 116 Å². The average molecular weight is 267 g/mol. The average Bonchev–Trinajstić information content (AvgIpc) is 2.45. The van der Waals surface area contributed by atoms with Gasteiger partial charge in [0.15, 0.2) is 6.29 Å². The second-order valence-electron chi connectivity index (χ2n) is 4.25. The molecule has 0 aliphatic carbocycles. The van der Waals surface area contributed by atoms with Crippen LogP contribution in [0, 0.1) is 0 Å². The van der Waals surface area contributed by atoms with Crippen molar-refractivity contribution in [2.24, 2.45) is 0 Å². The van der Waals surface area contributed by atoms with Crippen molar-refractivity contribution < 1.29 is 14.2 Å². The Balaban J connectivity index is 2.50. The Hall–Kier alpha value is -1.26. The molecular weight excluding hydrogens is 242 g/mol. The summed E-state index contributed by atoms with van der Waals surface area (Å²) < 4.78 is 16.3. The summed E-state index contributed by atoms with van der Waals surface area (Å²) in [5.74, 6) is 0.871. The van der Waals surface area contributed by atoms with Crippen molar-refractivity contribution >= 4 is 5.69 Å². The first-order valence-electron chi connectivity index (χ1n) is 6.79. The van der Waals surface area contributed by atoms with Gasteiger partial charge in [-0.05, 0) is 26.0 Å². The fraction of sp³-hybridized carbons (Fsp3) is 0.600. The van der Waals surface area contributed by atoms with Crippen LogP contribution >= 0.6 is 0 Å². The number of anilines is 1. The molecule has 1 rings (SSSR count). The van der Waals surface area contributed by atoms with Crippen LogP contribution in [0.25, 0.3) is 0 Å². The van der Waals surface area contributed by atoms with Crippen molar-refractivity contribution in [3.63, 3.8) is 0 Å². The minimum Gasteiger partial charge on any atom is -0.497 e. The Morgan fingerprint density at radius 3 is 2.42 bits per heavy atom. The van der Waals surface area contributed by atoms with Gasteiger partial charge >= 0.3 is 0 Å². The number of methoxy groups -OCH3 is 1. The molecular formula is C15H25NO3. The molecule has 108 valence electrons. The van der Waals surface area contributed by atoms with Crippen molar-refractivity contribution in [2.45, 2.75) is 26.6 Å². The van der Waals surface area contributed by atoms with Crippen LogP contribution in [0.1, 0.15) is 20.3 Å². The van der Waals surface area contributed by atoms with Gasteiger partial charge < -0.3 is 19.1 Å². The standard InChI is InChI=1S/C15H25NO3/c1-5-18-15(19-6-2)10-11-16(3)13-8-7-9-14(12-13)17-4/h7-9,12,15H,5-6,10-11H2,1-4H3. The minimum absolute atomic E-state index is 0.122. The van der Waals surface area contributed by atoms with E-state index in [0.29, 0.717) is 13.2 Å². The van der Waals surface area contributed by atoms with Crippen LogP contribution in [-0.2, 0) is 9.47 Å². The summed E-state index contributed by atoms with van der Waals surface area (Å²) in [4.78, 5) is 2.17. The molecule has 4 heteroatoms. The van der Waals surface area contributed by atoms with E-state index < -0.39 is 0 Å². The molecule has 0 radical (unpaired) electrons. The highest BCUT2D eigenvalue weighted by Crippen LogP contribution is 2.20. The van der Waals surface area contributed by atoms with Crippen LogP contribution in [-0.4, -0.2) is 40.2 Å². The quantitative estimate of drug-likeness (QED) is 0.644. The molecule has 0 saturated heterocycles. The molecule has 0 atom stereocenters. The van der Waals surface area contributed by atoms with E-state index in [2.05, 4.69) is 18.0 Å². The van der Waals surface area contributed by atoms with Crippen molar-refractivity contribution in [1.82, 2.24) is 0 Å². The number of hydrogen-bond donors (Lipinski definition) is 0. The van der Waals surface area contributed by atoms with Gasteiger partial charge in [-0.1, -0.05) is 6.07 Å². The van der Waals surface area contributed by atoms with Gasteiger partial charge in [-0.25, -0.2) is 0 Å². The van der Waals surface area contributed by atoms with Crippen LogP contribution in [0.4, 0.5) is 5.69 Å².